The van der Waals surface area contributed by atoms with Crippen molar-refractivity contribution in [3.05, 3.63) is 119 Å². The monoisotopic (exact) mass is 459 g/mol. The van der Waals surface area contributed by atoms with E-state index >= 15 is 0 Å². The quantitative estimate of drug-likeness (QED) is 0.223. The number of hydrogen-bond donors (Lipinski definition) is 0. The number of nitrogens with zero attached hydrogens (tertiary/aromatic N) is 1. The van der Waals surface area contributed by atoms with Gasteiger partial charge in [0.25, 0.3) is 0 Å². The molecule has 1 nitrogen and oxygen atoms in total. The molecule has 0 atom stereocenters. The summed E-state index contributed by atoms with van der Waals surface area (Å²) >= 11 is 0. The van der Waals surface area contributed by atoms with Crippen LogP contribution >= 0.6 is 0 Å². The van der Waals surface area contributed by atoms with E-state index in [1.54, 1.807) is 11.1 Å². The van der Waals surface area contributed by atoms with Crippen molar-refractivity contribution < 1.29 is 0 Å². The van der Waals surface area contributed by atoms with E-state index in [1.165, 1.54) is 54.4 Å². The molecule has 0 saturated carbocycles. The number of fused-ring (bicyclic) bond motifs is 12. The van der Waals surface area contributed by atoms with Gasteiger partial charge in [-0.25, -0.2) is 4.98 Å². The summed E-state index contributed by atoms with van der Waals surface area (Å²) < 4.78 is 0. The second kappa shape index (κ2) is 7.63. The fourth-order valence-corrected chi connectivity index (χ4v) is 6.62. The molecule has 2 aliphatic carbocycles. The Morgan fingerprint density at radius 1 is 0.556 bits per heavy atom. The molecule has 2 aliphatic rings. The largest absolute Gasteiger partial charge is 0.248 e. The maximum Gasteiger partial charge on any atom is 0.0709 e. The summed E-state index contributed by atoms with van der Waals surface area (Å²) in [6, 6.07) is 30.8. The summed E-state index contributed by atoms with van der Waals surface area (Å²) in [5, 5.41) is 9.42. The molecule has 8 rings (SSSR count). The Balaban J connectivity index is 1.52. The van der Waals surface area contributed by atoms with Gasteiger partial charge in [-0.3, -0.25) is 0 Å². The van der Waals surface area contributed by atoms with Crippen molar-refractivity contribution in [1.82, 2.24) is 4.98 Å². The van der Waals surface area contributed by atoms with Crippen LogP contribution in [0.25, 0.3) is 60.9 Å². The lowest BCUT2D eigenvalue weighted by Gasteiger charge is -2.27. The Morgan fingerprint density at radius 2 is 1.22 bits per heavy atom. The number of para-hydroxylation sites is 1. The van der Waals surface area contributed by atoms with Gasteiger partial charge in [0.1, 0.15) is 0 Å². The van der Waals surface area contributed by atoms with Gasteiger partial charge in [-0.15, -0.1) is 0 Å². The summed E-state index contributed by atoms with van der Waals surface area (Å²) in [6.07, 6.45) is 11.6. The highest BCUT2D eigenvalue weighted by Crippen LogP contribution is 2.46. The number of rotatable bonds is 1. The Kier molecular flexibility index (Phi) is 4.24. The van der Waals surface area contributed by atoms with Gasteiger partial charge >= 0.3 is 0 Å². The highest BCUT2D eigenvalue weighted by molar-refractivity contribution is 6.29. The van der Waals surface area contributed by atoms with Crippen LogP contribution < -0.4 is 0 Å². The van der Waals surface area contributed by atoms with Gasteiger partial charge in [0.2, 0.25) is 0 Å². The van der Waals surface area contributed by atoms with Crippen LogP contribution in [0.4, 0.5) is 0 Å². The number of benzene rings is 5. The number of allylic oxidation sites excluding steroid dienone is 2. The van der Waals surface area contributed by atoms with E-state index in [9.17, 15) is 0 Å². The molecule has 1 aromatic heterocycles. The molecule has 1 heterocycles. The molecular formula is C35H25N. The second-order valence-corrected chi connectivity index (χ2v) is 10.1. The molecule has 170 valence electrons. The average molecular weight is 460 g/mol. The molecule has 0 unspecified atom stereocenters. The summed E-state index contributed by atoms with van der Waals surface area (Å²) in [5.41, 5.74) is 9.48. The van der Waals surface area contributed by atoms with Crippen LogP contribution in [0.5, 0.6) is 0 Å². The Hall–Kier alpha value is -4.23. The molecule has 36 heavy (non-hydrogen) atoms. The summed E-state index contributed by atoms with van der Waals surface area (Å²) in [5.74, 6) is 0. The first-order chi connectivity index (χ1) is 17.9. The Bertz CT molecular complexity index is 1940. The zero-order valence-electron chi connectivity index (χ0n) is 20.1. The van der Waals surface area contributed by atoms with E-state index in [1.807, 2.05) is 0 Å². The Labute approximate surface area is 210 Å². The van der Waals surface area contributed by atoms with Gasteiger partial charge in [0.05, 0.1) is 11.2 Å². The van der Waals surface area contributed by atoms with Crippen LogP contribution in [0.15, 0.2) is 91.0 Å². The zero-order chi connectivity index (χ0) is 23.6. The topological polar surface area (TPSA) is 12.9 Å². The van der Waals surface area contributed by atoms with Gasteiger partial charge in [-0.2, -0.15) is 0 Å². The van der Waals surface area contributed by atoms with E-state index in [4.69, 9.17) is 4.98 Å². The molecule has 0 fully saturated rings. The van der Waals surface area contributed by atoms with E-state index < -0.39 is 0 Å². The minimum absolute atomic E-state index is 1.03. The number of hydrogen-bond acceptors (Lipinski definition) is 1. The summed E-state index contributed by atoms with van der Waals surface area (Å²) in [7, 11) is 0. The predicted octanol–water partition coefficient (Wildman–Crippen LogP) is 9.14. The molecule has 0 aliphatic heterocycles. The molecule has 0 saturated heterocycles. The smallest absolute Gasteiger partial charge is 0.0709 e. The lowest BCUT2D eigenvalue weighted by molar-refractivity contribution is 0.916. The molecule has 5 aromatic carbocycles. The molecule has 0 bridgehead atoms. The van der Waals surface area contributed by atoms with E-state index in [-0.39, 0.29) is 0 Å². The average Bonchev–Trinajstić information content (AvgIpc) is 2.96. The van der Waals surface area contributed by atoms with Crippen molar-refractivity contribution in [3.63, 3.8) is 0 Å². The number of pyridine rings is 1. The van der Waals surface area contributed by atoms with Gasteiger partial charge in [-0.05, 0) is 104 Å². The highest BCUT2D eigenvalue weighted by atomic mass is 14.7. The van der Waals surface area contributed by atoms with Crippen molar-refractivity contribution in [2.75, 3.05) is 0 Å². The van der Waals surface area contributed by atoms with Crippen LogP contribution in [0.3, 0.4) is 0 Å². The van der Waals surface area contributed by atoms with Crippen molar-refractivity contribution in [2.45, 2.75) is 25.7 Å². The predicted molar refractivity (Wildman–Crippen MR) is 154 cm³/mol. The first kappa shape index (κ1) is 20.0. The normalized spacial score (nSPS) is 14.8. The van der Waals surface area contributed by atoms with Crippen LogP contribution in [0.1, 0.15) is 40.8 Å². The fourth-order valence-electron chi connectivity index (χ4n) is 6.62. The minimum atomic E-state index is 1.03. The van der Waals surface area contributed by atoms with Gasteiger partial charge in [0.15, 0.2) is 0 Å². The summed E-state index contributed by atoms with van der Waals surface area (Å²) in [6.45, 7) is 0. The van der Waals surface area contributed by atoms with Crippen molar-refractivity contribution >= 4 is 60.9 Å². The molecule has 0 radical (unpaired) electrons. The fraction of sp³-hybridized carbons (Fsp3) is 0.114. The molecule has 6 aromatic rings. The standard InChI is InChI=1S/C35H25N/c1-8-16-32-22(9-1)18-20-33(36-32)23-17-19-27-26-12-4-6-14-29(26)34-28-13-5-2-10-24(28)25-11-3-7-15-30(25)35(34)31(27)21-23/h1-3,5-11,13-16,18,20-21H,4,12,17,19H2. The third kappa shape index (κ3) is 2.80. The first-order valence-electron chi connectivity index (χ1n) is 13.0. The van der Waals surface area contributed by atoms with Crippen LogP contribution in [-0.2, 0) is 12.8 Å². The minimum Gasteiger partial charge on any atom is -0.248 e. The van der Waals surface area contributed by atoms with Crippen molar-refractivity contribution in [3.8, 4) is 0 Å². The third-order valence-electron chi connectivity index (χ3n) is 8.22. The maximum atomic E-state index is 5.07. The van der Waals surface area contributed by atoms with E-state index in [2.05, 4.69) is 103 Å². The van der Waals surface area contributed by atoms with Crippen LogP contribution in [0, 0.1) is 0 Å². The molecule has 0 N–H and O–H groups in total. The molecule has 0 spiro atoms. The van der Waals surface area contributed by atoms with Crippen LogP contribution in [0.2, 0.25) is 0 Å². The zero-order valence-corrected chi connectivity index (χ0v) is 20.1. The maximum absolute atomic E-state index is 5.07. The molecular weight excluding hydrogens is 434 g/mol. The van der Waals surface area contributed by atoms with E-state index in [0.717, 1.165) is 36.9 Å². The summed E-state index contributed by atoms with van der Waals surface area (Å²) in [4.78, 5) is 5.07. The van der Waals surface area contributed by atoms with Gasteiger partial charge in [-0.1, -0.05) is 84.9 Å². The molecule has 1 heteroatoms. The highest BCUT2D eigenvalue weighted by Gasteiger charge is 2.25. The lowest BCUT2D eigenvalue weighted by Crippen LogP contribution is -2.09. The van der Waals surface area contributed by atoms with Gasteiger partial charge in [0, 0.05) is 5.39 Å². The third-order valence-corrected chi connectivity index (χ3v) is 8.22. The number of aromatic nitrogens is 1. The van der Waals surface area contributed by atoms with Gasteiger partial charge < -0.3 is 0 Å². The van der Waals surface area contributed by atoms with Crippen molar-refractivity contribution in [1.29, 1.82) is 0 Å². The Morgan fingerprint density at radius 3 is 2.03 bits per heavy atom. The van der Waals surface area contributed by atoms with Crippen LogP contribution in [-0.4, -0.2) is 4.98 Å². The second-order valence-electron chi connectivity index (χ2n) is 10.1. The van der Waals surface area contributed by atoms with Crippen molar-refractivity contribution in [2.24, 2.45) is 0 Å². The molecule has 0 amide bonds. The van der Waals surface area contributed by atoms with E-state index in [0.29, 0.717) is 0 Å². The SMILES string of the molecule is C1=Cc2c(c3c(c4c5ccccc5c5ccccc5c24)C=C(c2ccc4ccccc4n2)CC3)CC1. The lowest BCUT2D eigenvalue weighted by atomic mass is 9.77. The first-order valence-corrected chi connectivity index (χ1v) is 13.0.